The van der Waals surface area contributed by atoms with Crippen LogP contribution in [-0.2, 0) is 10.8 Å². The minimum atomic E-state index is -0.611. The van der Waals surface area contributed by atoms with Crippen LogP contribution in [0, 0.1) is 6.92 Å². The van der Waals surface area contributed by atoms with Gasteiger partial charge in [-0.3, -0.25) is 4.21 Å². The lowest BCUT2D eigenvalue weighted by atomic mass is 10.1. The van der Waals surface area contributed by atoms with Crippen LogP contribution in [0.1, 0.15) is 5.56 Å². The zero-order valence-corrected chi connectivity index (χ0v) is 10.2. The van der Waals surface area contributed by atoms with E-state index < -0.39 is 10.8 Å². The molecule has 1 nitrogen and oxygen atoms in total. The molecule has 2 aromatic rings. The molecule has 0 saturated heterocycles. The highest BCUT2D eigenvalue weighted by Crippen LogP contribution is 2.16. The predicted molar refractivity (Wildman–Crippen MR) is 68.7 cm³/mol. The summed E-state index contributed by atoms with van der Waals surface area (Å²) in [4.78, 5) is 0. The zero-order valence-electron chi connectivity index (χ0n) is 9.36. The number of rotatable bonds is 0. The predicted octanol–water partition coefficient (Wildman–Crippen LogP) is 3.14. The summed E-state index contributed by atoms with van der Waals surface area (Å²) in [5, 5.41) is 2.68. The Labute approximate surface area is 93.6 Å². The van der Waals surface area contributed by atoms with Crippen molar-refractivity contribution in [2.75, 3.05) is 12.5 Å². The van der Waals surface area contributed by atoms with E-state index in [1.807, 2.05) is 0 Å². The van der Waals surface area contributed by atoms with Crippen molar-refractivity contribution in [1.82, 2.24) is 0 Å². The molecule has 0 atom stereocenters. The van der Waals surface area contributed by atoms with Crippen LogP contribution < -0.4 is 0 Å². The zero-order chi connectivity index (χ0) is 11.3. The van der Waals surface area contributed by atoms with Gasteiger partial charge >= 0.3 is 0 Å². The molecule has 2 rings (SSSR count). The van der Waals surface area contributed by atoms with Crippen molar-refractivity contribution >= 4 is 21.6 Å². The average molecular weight is 220 g/mol. The number of aryl methyl sites for hydroxylation is 1. The second kappa shape index (κ2) is 5.66. The monoisotopic (exact) mass is 220 g/mol. The van der Waals surface area contributed by atoms with Crippen molar-refractivity contribution in [1.29, 1.82) is 0 Å². The molecular formula is C13H16OS. The molecule has 0 aromatic heterocycles. The molecule has 2 aromatic carbocycles. The third-order valence-corrected chi connectivity index (χ3v) is 2.01. The Morgan fingerprint density at radius 3 is 2.07 bits per heavy atom. The van der Waals surface area contributed by atoms with E-state index in [2.05, 4.69) is 49.4 Å². The Morgan fingerprint density at radius 2 is 1.47 bits per heavy atom. The highest BCUT2D eigenvalue weighted by molar-refractivity contribution is 7.83. The first-order chi connectivity index (χ1) is 7.11. The molecule has 0 N–H and O–H groups in total. The van der Waals surface area contributed by atoms with Gasteiger partial charge in [0, 0.05) is 23.3 Å². The summed E-state index contributed by atoms with van der Waals surface area (Å²) in [6.45, 7) is 2.14. The van der Waals surface area contributed by atoms with Crippen LogP contribution >= 0.6 is 0 Å². The van der Waals surface area contributed by atoms with E-state index in [4.69, 9.17) is 0 Å². The second-order valence-electron chi connectivity index (χ2n) is 3.54. The molecule has 0 heterocycles. The van der Waals surface area contributed by atoms with E-state index in [0.29, 0.717) is 0 Å². The Kier molecular flexibility index (Phi) is 4.50. The highest BCUT2D eigenvalue weighted by Gasteiger charge is 1.92. The van der Waals surface area contributed by atoms with E-state index in [1.165, 1.54) is 16.3 Å². The molecule has 0 unspecified atom stereocenters. The molecule has 2 heteroatoms. The molecule has 0 saturated carbocycles. The summed E-state index contributed by atoms with van der Waals surface area (Å²) < 4.78 is 9.56. The summed E-state index contributed by atoms with van der Waals surface area (Å²) >= 11 is 0. The Bertz CT molecular complexity index is 454. The van der Waals surface area contributed by atoms with Crippen molar-refractivity contribution in [2.24, 2.45) is 0 Å². The average Bonchev–Trinajstić information content (AvgIpc) is 2.18. The van der Waals surface area contributed by atoms with E-state index in [-0.39, 0.29) is 0 Å². The topological polar surface area (TPSA) is 17.1 Å². The Morgan fingerprint density at radius 1 is 0.933 bits per heavy atom. The third-order valence-electron chi connectivity index (χ3n) is 2.01. The van der Waals surface area contributed by atoms with Gasteiger partial charge in [0.2, 0.25) is 0 Å². The molecule has 0 aliphatic rings. The maximum Gasteiger partial charge on any atom is 0.0148 e. The first kappa shape index (κ1) is 11.9. The van der Waals surface area contributed by atoms with Gasteiger partial charge in [0.05, 0.1) is 0 Å². The normalized spacial score (nSPS) is 9.87. The fourth-order valence-electron chi connectivity index (χ4n) is 1.39. The van der Waals surface area contributed by atoms with Gasteiger partial charge in [0.25, 0.3) is 0 Å². The third kappa shape index (κ3) is 3.84. The van der Waals surface area contributed by atoms with Crippen molar-refractivity contribution < 1.29 is 4.21 Å². The summed E-state index contributed by atoms with van der Waals surface area (Å²) in [7, 11) is -0.611. The molecule has 0 aliphatic carbocycles. The van der Waals surface area contributed by atoms with Crippen LogP contribution in [0.3, 0.4) is 0 Å². The second-order valence-corrected chi connectivity index (χ2v) is 5.02. The van der Waals surface area contributed by atoms with Gasteiger partial charge in [-0.1, -0.05) is 42.5 Å². The minimum absolute atomic E-state index is 0.611. The van der Waals surface area contributed by atoms with Gasteiger partial charge in [-0.05, 0) is 23.3 Å². The van der Waals surface area contributed by atoms with Crippen molar-refractivity contribution in [3.05, 3.63) is 48.0 Å². The fourth-order valence-corrected chi connectivity index (χ4v) is 1.39. The van der Waals surface area contributed by atoms with E-state index >= 15 is 0 Å². The first-order valence-corrected chi connectivity index (χ1v) is 6.77. The quantitative estimate of drug-likeness (QED) is 0.666. The SMILES string of the molecule is CS(C)=O.Cc1cccc2ccccc12. The molecule has 0 bridgehead atoms. The van der Waals surface area contributed by atoms with Crippen LogP contribution in [0.2, 0.25) is 0 Å². The van der Waals surface area contributed by atoms with Crippen LogP contribution in [0.15, 0.2) is 42.5 Å². The smallest absolute Gasteiger partial charge is 0.0148 e. The lowest BCUT2D eigenvalue weighted by Gasteiger charge is -1.98. The van der Waals surface area contributed by atoms with E-state index in [1.54, 1.807) is 12.5 Å². The molecule has 15 heavy (non-hydrogen) atoms. The standard InChI is InChI=1S/C11H10.C2H6OS/c1-9-5-4-7-10-6-2-3-8-11(9)10;1-4(2)3/h2-8H,1H3;1-2H3. The lowest BCUT2D eigenvalue weighted by Crippen LogP contribution is -1.75. The van der Waals surface area contributed by atoms with Gasteiger partial charge in [0.1, 0.15) is 0 Å². The number of benzene rings is 2. The van der Waals surface area contributed by atoms with Crippen LogP contribution in [0.4, 0.5) is 0 Å². The summed E-state index contributed by atoms with van der Waals surface area (Å²) in [6.07, 6.45) is 3.28. The maximum atomic E-state index is 9.56. The molecule has 0 fully saturated rings. The lowest BCUT2D eigenvalue weighted by molar-refractivity contribution is 0.690. The Balaban J connectivity index is 0.000000245. The maximum absolute atomic E-state index is 9.56. The largest absolute Gasteiger partial charge is 0.260 e. The van der Waals surface area contributed by atoms with Crippen LogP contribution in [-0.4, -0.2) is 16.7 Å². The summed E-state index contributed by atoms with van der Waals surface area (Å²) in [6, 6.07) is 14.8. The molecular weight excluding hydrogens is 204 g/mol. The van der Waals surface area contributed by atoms with E-state index in [9.17, 15) is 4.21 Å². The van der Waals surface area contributed by atoms with E-state index in [0.717, 1.165) is 0 Å². The van der Waals surface area contributed by atoms with Crippen LogP contribution in [0.5, 0.6) is 0 Å². The molecule has 0 spiro atoms. The van der Waals surface area contributed by atoms with Crippen molar-refractivity contribution in [3.8, 4) is 0 Å². The number of fused-ring (bicyclic) bond motifs is 1. The summed E-state index contributed by atoms with van der Waals surface area (Å²) in [5.41, 5.74) is 1.35. The number of hydrogen-bond acceptors (Lipinski definition) is 1. The molecule has 0 radical (unpaired) electrons. The summed E-state index contributed by atoms with van der Waals surface area (Å²) in [5.74, 6) is 0. The van der Waals surface area contributed by atoms with Gasteiger partial charge < -0.3 is 0 Å². The van der Waals surface area contributed by atoms with Crippen molar-refractivity contribution in [2.45, 2.75) is 6.92 Å². The molecule has 0 amide bonds. The van der Waals surface area contributed by atoms with Gasteiger partial charge in [-0.2, -0.15) is 0 Å². The number of hydrogen-bond donors (Lipinski definition) is 0. The van der Waals surface area contributed by atoms with Gasteiger partial charge in [0.15, 0.2) is 0 Å². The van der Waals surface area contributed by atoms with Gasteiger partial charge in [-0.15, -0.1) is 0 Å². The van der Waals surface area contributed by atoms with Crippen LogP contribution in [0.25, 0.3) is 10.8 Å². The highest BCUT2D eigenvalue weighted by atomic mass is 32.2. The minimum Gasteiger partial charge on any atom is -0.260 e. The fraction of sp³-hybridized carbons (Fsp3) is 0.231. The molecule has 0 aliphatic heterocycles. The Hall–Kier alpha value is -1.15. The van der Waals surface area contributed by atoms with Crippen molar-refractivity contribution in [3.63, 3.8) is 0 Å². The molecule has 80 valence electrons. The van der Waals surface area contributed by atoms with Gasteiger partial charge in [-0.25, -0.2) is 0 Å². The first-order valence-electron chi connectivity index (χ1n) is 4.80.